The van der Waals surface area contributed by atoms with Crippen LogP contribution >= 0.6 is 0 Å². The Labute approximate surface area is 169 Å². The third-order valence-corrected chi connectivity index (χ3v) is 5.68. The third kappa shape index (κ3) is 6.24. The van der Waals surface area contributed by atoms with Gasteiger partial charge in [0.2, 0.25) is 5.91 Å². The van der Waals surface area contributed by atoms with Gasteiger partial charge in [-0.25, -0.2) is 4.79 Å². The molecule has 0 radical (unpaired) electrons. The Morgan fingerprint density at radius 1 is 1.21 bits per heavy atom. The first-order valence-electron chi connectivity index (χ1n) is 10.7. The van der Waals surface area contributed by atoms with E-state index in [4.69, 9.17) is 0 Å². The van der Waals surface area contributed by atoms with E-state index in [1.54, 1.807) is 0 Å². The molecule has 1 aliphatic rings. The van der Waals surface area contributed by atoms with Crippen molar-refractivity contribution in [3.05, 3.63) is 17.5 Å². The number of carbonyl (C=O) groups is 2. The van der Waals surface area contributed by atoms with E-state index in [1.807, 2.05) is 23.4 Å². The molecule has 1 saturated heterocycles. The molecule has 7 nitrogen and oxygen atoms in total. The number of piperidine rings is 1. The summed E-state index contributed by atoms with van der Waals surface area (Å²) in [5, 5.41) is 10.5. The zero-order chi connectivity index (χ0) is 20.7. The Bertz CT molecular complexity index is 645. The van der Waals surface area contributed by atoms with Crippen LogP contribution in [0.15, 0.2) is 6.07 Å². The topological polar surface area (TPSA) is 79.3 Å². The number of rotatable bonds is 8. The molecule has 1 aromatic rings. The first-order chi connectivity index (χ1) is 13.3. The molecule has 0 saturated carbocycles. The Morgan fingerprint density at radius 2 is 1.86 bits per heavy atom. The van der Waals surface area contributed by atoms with Crippen LogP contribution in [-0.2, 0) is 11.3 Å². The van der Waals surface area contributed by atoms with Gasteiger partial charge in [0.1, 0.15) is 0 Å². The number of aromatic nitrogens is 2. The average Bonchev–Trinajstić information content (AvgIpc) is 2.98. The number of hydrogen-bond donors (Lipinski definition) is 2. The van der Waals surface area contributed by atoms with Crippen LogP contribution < -0.4 is 10.6 Å². The van der Waals surface area contributed by atoms with Gasteiger partial charge >= 0.3 is 6.03 Å². The van der Waals surface area contributed by atoms with Crippen molar-refractivity contribution in [1.82, 2.24) is 25.3 Å². The first-order valence-corrected chi connectivity index (χ1v) is 10.7. The largest absolute Gasteiger partial charge is 0.342 e. The molecule has 2 N–H and O–H groups in total. The van der Waals surface area contributed by atoms with E-state index in [0.717, 1.165) is 56.7 Å². The minimum absolute atomic E-state index is 0.120. The van der Waals surface area contributed by atoms with Gasteiger partial charge in [-0.3, -0.25) is 9.48 Å². The highest BCUT2D eigenvalue weighted by atomic mass is 16.2. The number of hydrogen-bond acceptors (Lipinski definition) is 3. The fourth-order valence-electron chi connectivity index (χ4n) is 3.86. The van der Waals surface area contributed by atoms with E-state index in [1.165, 1.54) is 0 Å². The lowest BCUT2D eigenvalue weighted by atomic mass is 9.98. The molecule has 1 unspecified atom stereocenters. The zero-order valence-corrected chi connectivity index (χ0v) is 18.1. The highest BCUT2D eigenvalue weighted by Crippen LogP contribution is 2.17. The van der Waals surface area contributed by atoms with Crippen molar-refractivity contribution in [2.24, 2.45) is 11.8 Å². The maximum absolute atomic E-state index is 12.5. The van der Waals surface area contributed by atoms with Crippen LogP contribution in [-0.4, -0.2) is 52.3 Å². The van der Waals surface area contributed by atoms with Gasteiger partial charge in [-0.05, 0) is 51.5 Å². The molecule has 28 heavy (non-hydrogen) atoms. The van der Waals surface area contributed by atoms with Gasteiger partial charge in [0.15, 0.2) is 0 Å². The second-order valence-electron chi connectivity index (χ2n) is 8.18. The van der Waals surface area contributed by atoms with Gasteiger partial charge in [-0.15, -0.1) is 0 Å². The van der Waals surface area contributed by atoms with Crippen molar-refractivity contribution in [3.8, 4) is 0 Å². The van der Waals surface area contributed by atoms with Crippen molar-refractivity contribution >= 4 is 11.9 Å². The molecular weight excluding hydrogens is 354 g/mol. The number of aryl methyl sites for hydroxylation is 2. The third-order valence-electron chi connectivity index (χ3n) is 5.68. The molecule has 0 aromatic carbocycles. The minimum atomic E-state index is -0.120. The van der Waals surface area contributed by atoms with E-state index < -0.39 is 0 Å². The van der Waals surface area contributed by atoms with Crippen molar-refractivity contribution in [1.29, 1.82) is 0 Å². The van der Waals surface area contributed by atoms with E-state index in [9.17, 15) is 9.59 Å². The van der Waals surface area contributed by atoms with Crippen LogP contribution in [0, 0.1) is 25.7 Å². The summed E-state index contributed by atoms with van der Waals surface area (Å²) in [5.41, 5.74) is 2.16. The summed E-state index contributed by atoms with van der Waals surface area (Å²) in [4.78, 5) is 26.7. The summed E-state index contributed by atoms with van der Waals surface area (Å²) < 4.78 is 1.99. The number of urea groups is 1. The van der Waals surface area contributed by atoms with Crippen LogP contribution in [0.25, 0.3) is 0 Å². The summed E-state index contributed by atoms with van der Waals surface area (Å²) >= 11 is 0. The normalized spacial score (nSPS) is 16.3. The number of nitrogens with zero attached hydrogens (tertiary/aromatic N) is 3. The summed E-state index contributed by atoms with van der Waals surface area (Å²) in [6.07, 6.45) is 3.43. The second-order valence-corrected chi connectivity index (χ2v) is 8.18. The molecule has 7 heteroatoms. The van der Waals surface area contributed by atoms with Crippen molar-refractivity contribution in [2.45, 2.75) is 72.9 Å². The van der Waals surface area contributed by atoms with Crippen LogP contribution in [0.5, 0.6) is 0 Å². The van der Waals surface area contributed by atoms with E-state index in [2.05, 4.69) is 42.6 Å². The lowest BCUT2D eigenvalue weighted by molar-refractivity contribution is -0.136. The van der Waals surface area contributed by atoms with Gasteiger partial charge < -0.3 is 15.5 Å². The van der Waals surface area contributed by atoms with Crippen LogP contribution in [0.4, 0.5) is 4.79 Å². The van der Waals surface area contributed by atoms with Gasteiger partial charge in [-0.2, -0.15) is 5.10 Å². The fourth-order valence-corrected chi connectivity index (χ4v) is 3.86. The number of amides is 3. The predicted octanol–water partition coefficient (Wildman–Crippen LogP) is 2.86. The fraction of sp³-hybridized carbons (Fsp3) is 0.762. The molecule has 0 bridgehead atoms. The van der Waals surface area contributed by atoms with Gasteiger partial charge in [0.25, 0.3) is 0 Å². The molecular formula is C21H37N5O2. The van der Waals surface area contributed by atoms with Crippen molar-refractivity contribution in [2.75, 3.05) is 19.6 Å². The van der Waals surface area contributed by atoms with Gasteiger partial charge in [0, 0.05) is 43.8 Å². The maximum atomic E-state index is 12.5. The van der Waals surface area contributed by atoms with Crippen LogP contribution in [0.1, 0.15) is 57.8 Å². The smallest absolute Gasteiger partial charge is 0.315 e. The average molecular weight is 392 g/mol. The van der Waals surface area contributed by atoms with Gasteiger partial charge in [0.05, 0.1) is 5.69 Å². The maximum Gasteiger partial charge on any atom is 0.315 e. The first kappa shape index (κ1) is 22.2. The minimum Gasteiger partial charge on any atom is -0.342 e. The summed E-state index contributed by atoms with van der Waals surface area (Å²) in [7, 11) is 0. The van der Waals surface area contributed by atoms with E-state index >= 15 is 0 Å². The van der Waals surface area contributed by atoms with Crippen molar-refractivity contribution in [3.63, 3.8) is 0 Å². The Balaban J connectivity index is 1.68. The predicted molar refractivity (Wildman–Crippen MR) is 111 cm³/mol. The van der Waals surface area contributed by atoms with Crippen molar-refractivity contribution < 1.29 is 9.59 Å². The highest BCUT2D eigenvalue weighted by molar-refractivity contribution is 5.79. The van der Waals surface area contributed by atoms with Crippen LogP contribution in [0.3, 0.4) is 0 Å². The lowest BCUT2D eigenvalue weighted by Crippen LogP contribution is -2.50. The summed E-state index contributed by atoms with van der Waals surface area (Å²) in [5.74, 6) is 0.700. The molecule has 1 aromatic heterocycles. The molecule has 0 aliphatic carbocycles. The lowest BCUT2D eigenvalue weighted by Gasteiger charge is -2.34. The molecule has 158 valence electrons. The molecule has 2 heterocycles. The molecule has 2 rings (SSSR count). The molecule has 1 fully saturated rings. The Kier molecular flexibility index (Phi) is 8.33. The second kappa shape index (κ2) is 10.5. The van der Waals surface area contributed by atoms with Gasteiger partial charge in [-0.1, -0.05) is 20.8 Å². The zero-order valence-electron chi connectivity index (χ0n) is 18.1. The standard InChI is InChI=1S/C21H37N5O2/c1-6-18(7-2)20(27)25-10-8-19(9-11-25)23-21(28)22-13-15(3)14-26-17(5)12-16(4)24-26/h12,15,18-19H,6-11,13-14H2,1-5H3,(H2,22,23,28). The molecule has 1 atom stereocenters. The highest BCUT2D eigenvalue weighted by Gasteiger charge is 2.27. The SMILES string of the molecule is CCC(CC)C(=O)N1CCC(NC(=O)NCC(C)Cn2nc(C)cc2C)CC1. The summed E-state index contributed by atoms with van der Waals surface area (Å²) in [6.45, 7) is 13.1. The molecule has 0 spiro atoms. The molecule has 3 amide bonds. The van der Waals surface area contributed by atoms with E-state index in [-0.39, 0.29) is 23.9 Å². The summed E-state index contributed by atoms with van der Waals surface area (Å²) in [6, 6.07) is 2.08. The quantitative estimate of drug-likeness (QED) is 0.715. The molecule has 1 aliphatic heterocycles. The monoisotopic (exact) mass is 391 g/mol. The Morgan fingerprint density at radius 3 is 2.39 bits per heavy atom. The number of likely N-dealkylation sites (tertiary alicyclic amines) is 1. The van der Waals surface area contributed by atoms with Crippen LogP contribution in [0.2, 0.25) is 0 Å². The number of nitrogens with one attached hydrogen (secondary N) is 2. The Hall–Kier alpha value is -2.05. The van der Waals surface area contributed by atoms with E-state index in [0.29, 0.717) is 12.5 Å². The number of carbonyl (C=O) groups excluding carboxylic acids is 2.